The van der Waals surface area contributed by atoms with Gasteiger partial charge in [-0.05, 0) is 42.5 Å². The first-order chi connectivity index (χ1) is 16.3. The summed E-state index contributed by atoms with van der Waals surface area (Å²) in [6, 6.07) is 15.8. The number of nitrogens with one attached hydrogen (secondary N) is 1. The van der Waals surface area contributed by atoms with E-state index in [1.54, 1.807) is 36.4 Å². The van der Waals surface area contributed by atoms with Crippen molar-refractivity contribution in [3.05, 3.63) is 81.7 Å². The molecule has 34 heavy (non-hydrogen) atoms. The van der Waals surface area contributed by atoms with Gasteiger partial charge >= 0.3 is 6.36 Å². The van der Waals surface area contributed by atoms with Crippen molar-refractivity contribution in [2.45, 2.75) is 6.36 Å². The lowest BCUT2D eigenvalue weighted by atomic mass is 10.2. The molecule has 0 fully saturated rings. The highest BCUT2D eigenvalue weighted by Gasteiger charge is 2.33. The molecule has 0 saturated carbocycles. The van der Waals surface area contributed by atoms with E-state index in [1.807, 2.05) is 0 Å². The van der Waals surface area contributed by atoms with Crippen LogP contribution in [0.2, 0.25) is 0 Å². The summed E-state index contributed by atoms with van der Waals surface area (Å²) in [5, 5.41) is 7.92. The summed E-state index contributed by atoms with van der Waals surface area (Å²) in [6.07, 6.45) is -3.54. The molecule has 12 heteroatoms. The van der Waals surface area contributed by atoms with Gasteiger partial charge in [-0.1, -0.05) is 34.1 Å². The molecule has 0 aliphatic carbocycles. The first kappa shape index (κ1) is 21.8. The maximum absolute atomic E-state index is 13.0. The normalized spacial score (nSPS) is 11.6. The van der Waals surface area contributed by atoms with Gasteiger partial charge in [0.1, 0.15) is 11.4 Å². The van der Waals surface area contributed by atoms with Crippen LogP contribution in [0.15, 0.2) is 76.1 Å². The fraction of sp³-hybridized carbons (Fsp3) is 0.0455. The van der Waals surface area contributed by atoms with Crippen molar-refractivity contribution in [1.82, 2.24) is 24.6 Å². The smallest absolute Gasteiger partial charge is 0.405 e. The minimum Gasteiger partial charge on any atom is -0.405 e. The molecule has 0 atom stereocenters. The van der Waals surface area contributed by atoms with Crippen molar-refractivity contribution in [3.63, 3.8) is 0 Å². The standard InChI is InChI=1S/C22H12BrF3N6O2/c23-12-8-9-17(34-22(24,25)26)14(11-12)18-30-19-13-5-1-2-6-15(13)28-21(32(19)31-18)29-16-7-3-4-10-27-20(16)33/h1-11H,(H,27,28,29,33). The van der Waals surface area contributed by atoms with Crippen LogP contribution in [0.1, 0.15) is 0 Å². The van der Waals surface area contributed by atoms with Crippen molar-refractivity contribution < 1.29 is 17.9 Å². The van der Waals surface area contributed by atoms with Crippen LogP contribution in [-0.4, -0.2) is 30.9 Å². The molecule has 8 nitrogen and oxygen atoms in total. The lowest BCUT2D eigenvalue weighted by Crippen LogP contribution is -2.17. The minimum atomic E-state index is -4.90. The molecule has 3 heterocycles. The molecular weight excluding hydrogens is 517 g/mol. The largest absolute Gasteiger partial charge is 0.573 e. The lowest BCUT2D eigenvalue weighted by Gasteiger charge is -2.11. The van der Waals surface area contributed by atoms with Gasteiger partial charge in [0.15, 0.2) is 11.5 Å². The number of alkyl halides is 3. The van der Waals surface area contributed by atoms with Crippen LogP contribution in [0, 0.1) is 0 Å². The summed E-state index contributed by atoms with van der Waals surface area (Å²) < 4.78 is 45.0. The molecular formula is C22H12BrF3N6O2. The number of benzene rings is 2. The van der Waals surface area contributed by atoms with Gasteiger partial charge in [-0.15, -0.1) is 18.3 Å². The molecule has 0 aliphatic rings. The van der Waals surface area contributed by atoms with Crippen molar-refractivity contribution >= 4 is 44.1 Å². The Morgan fingerprint density at radius 1 is 1.00 bits per heavy atom. The van der Waals surface area contributed by atoms with Crippen LogP contribution in [0.5, 0.6) is 5.75 Å². The molecule has 0 spiro atoms. The molecule has 2 aromatic carbocycles. The van der Waals surface area contributed by atoms with E-state index >= 15 is 0 Å². The number of aromatic nitrogens is 5. The summed E-state index contributed by atoms with van der Waals surface area (Å²) >= 11 is 3.26. The van der Waals surface area contributed by atoms with Crippen LogP contribution in [-0.2, 0) is 0 Å². The molecule has 5 rings (SSSR count). The van der Waals surface area contributed by atoms with E-state index in [4.69, 9.17) is 0 Å². The highest BCUT2D eigenvalue weighted by molar-refractivity contribution is 9.10. The van der Waals surface area contributed by atoms with Crippen LogP contribution < -0.4 is 15.6 Å². The van der Waals surface area contributed by atoms with Crippen LogP contribution >= 0.6 is 15.9 Å². The number of hydrogen-bond donors (Lipinski definition) is 1. The predicted molar refractivity (Wildman–Crippen MR) is 122 cm³/mol. The second kappa shape index (κ2) is 8.37. The SMILES string of the molecule is O=c1nccccc1Nc1nc2ccccc2c2nc(-c3cc(Br)ccc3OC(F)(F)F)nn12. The monoisotopic (exact) mass is 528 g/mol. The zero-order valence-electron chi connectivity index (χ0n) is 16.9. The van der Waals surface area contributed by atoms with Crippen LogP contribution in [0.25, 0.3) is 27.9 Å². The topological polar surface area (TPSA) is 94.3 Å². The Morgan fingerprint density at radius 2 is 1.79 bits per heavy atom. The number of para-hydroxylation sites is 1. The summed E-state index contributed by atoms with van der Waals surface area (Å²) in [6.45, 7) is 0. The molecule has 5 aromatic rings. The molecule has 0 amide bonds. The van der Waals surface area contributed by atoms with Gasteiger partial charge in [-0.25, -0.2) is 15.0 Å². The lowest BCUT2D eigenvalue weighted by molar-refractivity contribution is -0.274. The Bertz CT molecular complexity index is 1610. The zero-order valence-corrected chi connectivity index (χ0v) is 18.5. The molecule has 0 aliphatic heterocycles. The Hall–Kier alpha value is -4.06. The van der Waals surface area contributed by atoms with Crippen molar-refractivity contribution in [2.24, 2.45) is 0 Å². The third kappa shape index (κ3) is 4.27. The minimum absolute atomic E-state index is 0.0164. The highest BCUT2D eigenvalue weighted by atomic mass is 79.9. The Balaban J connectivity index is 1.74. The van der Waals surface area contributed by atoms with Crippen LogP contribution in [0.3, 0.4) is 0 Å². The maximum atomic E-state index is 13.0. The number of fused-ring (bicyclic) bond motifs is 3. The number of nitrogens with zero attached hydrogens (tertiary/aromatic N) is 5. The second-order valence-electron chi connectivity index (χ2n) is 6.99. The average Bonchev–Trinajstić information content (AvgIpc) is 3.14. The number of anilines is 2. The quantitative estimate of drug-likeness (QED) is 0.346. The fourth-order valence-electron chi connectivity index (χ4n) is 3.31. The number of ether oxygens (including phenoxy) is 1. The number of hydrogen-bond acceptors (Lipinski definition) is 7. The first-order valence-corrected chi connectivity index (χ1v) is 10.5. The predicted octanol–water partition coefficient (Wildman–Crippen LogP) is 5.10. The van der Waals surface area contributed by atoms with E-state index in [0.717, 1.165) is 0 Å². The van der Waals surface area contributed by atoms with E-state index in [1.165, 1.54) is 35.0 Å². The third-order valence-corrected chi connectivity index (χ3v) is 5.21. The number of halogens is 4. The average molecular weight is 529 g/mol. The Morgan fingerprint density at radius 3 is 2.62 bits per heavy atom. The van der Waals surface area contributed by atoms with E-state index in [0.29, 0.717) is 21.0 Å². The molecule has 0 bridgehead atoms. The van der Waals surface area contributed by atoms with E-state index in [-0.39, 0.29) is 23.0 Å². The Kier molecular flexibility index (Phi) is 5.36. The summed E-state index contributed by atoms with van der Waals surface area (Å²) in [7, 11) is 0. The summed E-state index contributed by atoms with van der Waals surface area (Å²) in [4.78, 5) is 25.1. The molecule has 0 radical (unpaired) electrons. The van der Waals surface area contributed by atoms with Gasteiger partial charge in [0.05, 0.1) is 11.1 Å². The van der Waals surface area contributed by atoms with Crippen molar-refractivity contribution in [1.29, 1.82) is 0 Å². The highest BCUT2D eigenvalue weighted by Crippen LogP contribution is 2.35. The van der Waals surface area contributed by atoms with Gasteiger partial charge in [0.2, 0.25) is 5.95 Å². The maximum Gasteiger partial charge on any atom is 0.573 e. The fourth-order valence-corrected chi connectivity index (χ4v) is 3.67. The van der Waals surface area contributed by atoms with E-state index in [2.05, 4.69) is 46.0 Å². The van der Waals surface area contributed by atoms with Gasteiger partial charge in [0.25, 0.3) is 5.56 Å². The van der Waals surface area contributed by atoms with Crippen molar-refractivity contribution in [3.8, 4) is 17.1 Å². The van der Waals surface area contributed by atoms with Gasteiger partial charge in [-0.3, -0.25) is 4.79 Å². The third-order valence-electron chi connectivity index (χ3n) is 4.72. The van der Waals surface area contributed by atoms with E-state index in [9.17, 15) is 18.0 Å². The summed E-state index contributed by atoms with van der Waals surface area (Å²) in [5.41, 5.74) is 0.485. The van der Waals surface area contributed by atoms with Gasteiger partial charge in [0, 0.05) is 16.1 Å². The molecule has 1 N–H and O–H groups in total. The van der Waals surface area contributed by atoms with Crippen LogP contribution in [0.4, 0.5) is 24.8 Å². The summed E-state index contributed by atoms with van der Waals surface area (Å²) in [5.74, 6) is -0.355. The second-order valence-corrected chi connectivity index (χ2v) is 7.90. The molecule has 170 valence electrons. The van der Waals surface area contributed by atoms with Crippen molar-refractivity contribution in [2.75, 3.05) is 5.32 Å². The Labute approximate surface area is 197 Å². The first-order valence-electron chi connectivity index (χ1n) is 9.72. The van der Waals surface area contributed by atoms with Gasteiger partial charge < -0.3 is 10.1 Å². The van der Waals surface area contributed by atoms with Gasteiger partial charge in [-0.2, -0.15) is 4.52 Å². The molecule has 0 saturated heterocycles. The number of rotatable bonds is 4. The zero-order chi connectivity index (χ0) is 23.9. The molecule has 0 unspecified atom stereocenters. The molecule has 3 aromatic heterocycles. The van der Waals surface area contributed by atoms with E-state index < -0.39 is 17.7 Å².